The van der Waals surface area contributed by atoms with E-state index in [-0.39, 0.29) is 23.8 Å². The summed E-state index contributed by atoms with van der Waals surface area (Å²) in [5, 5.41) is 0. The van der Waals surface area contributed by atoms with Gasteiger partial charge in [-0.15, -0.1) is 0 Å². The fraction of sp³-hybridized carbons (Fsp3) is 0.867. The molecule has 0 aromatic heterocycles. The molecule has 0 spiro atoms. The molecule has 0 aromatic carbocycles. The van der Waals surface area contributed by atoms with Crippen LogP contribution in [0.3, 0.4) is 0 Å². The lowest BCUT2D eigenvalue weighted by atomic mass is 10.0. The van der Waals surface area contributed by atoms with Gasteiger partial charge in [-0.3, -0.25) is 9.59 Å². The molecular formula is C15H26O4. The van der Waals surface area contributed by atoms with Crippen LogP contribution in [0.25, 0.3) is 0 Å². The molecule has 19 heavy (non-hydrogen) atoms. The first-order valence-electron chi connectivity index (χ1n) is 7.48. The van der Waals surface area contributed by atoms with Crippen molar-refractivity contribution in [2.75, 3.05) is 13.2 Å². The number of carbonyl (C=O) groups excluding carboxylic acids is 2. The van der Waals surface area contributed by atoms with E-state index in [2.05, 4.69) is 0 Å². The fourth-order valence-corrected chi connectivity index (χ4v) is 2.26. The smallest absolute Gasteiger partial charge is 0.308 e. The van der Waals surface area contributed by atoms with Crippen molar-refractivity contribution in [2.24, 2.45) is 11.8 Å². The van der Waals surface area contributed by atoms with Crippen molar-refractivity contribution in [3.05, 3.63) is 0 Å². The summed E-state index contributed by atoms with van der Waals surface area (Å²) in [4.78, 5) is 21.8. The zero-order valence-electron chi connectivity index (χ0n) is 12.2. The minimum Gasteiger partial charge on any atom is -0.465 e. The van der Waals surface area contributed by atoms with Crippen LogP contribution in [-0.4, -0.2) is 25.2 Å². The standard InChI is InChI=1S/C8H14O2.C7H12O2/c1-2-7-5-3-4-6-10-8(7)9;1-6-4-2-3-5-9-7(6)8/h7H,2-6H2,1H3;6H,2-5H2,1H3. The molecule has 2 atom stereocenters. The Balaban J connectivity index is 0.000000191. The molecule has 4 heteroatoms. The molecule has 0 aromatic rings. The van der Waals surface area contributed by atoms with Gasteiger partial charge in [-0.1, -0.05) is 13.8 Å². The topological polar surface area (TPSA) is 52.6 Å². The highest BCUT2D eigenvalue weighted by Crippen LogP contribution is 2.17. The maximum Gasteiger partial charge on any atom is 0.308 e. The average molecular weight is 270 g/mol. The Kier molecular flexibility index (Phi) is 7.53. The van der Waals surface area contributed by atoms with Gasteiger partial charge in [0.2, 0.25) is 0 Å². The van der Waals surface area contributed by atoms with E-state index in [0.717, 1.165) is 44.9 Å². The van der Waals surface area contributed by atoms with Gasteiger partial charge in [-0.05, 0) is 44.9 Å². The highest BCUT2D eigenvalue weighted by Gasteiger charge is 2.19. The summed E-state index contributed by atoms with van der Waals surface area (Å²) < 4.78 is 9.84. The summed E-state index contributed by atoms with van der Waals surface area (Å²) in [6.45, 7) is 5.23. The minimum atomic E-state index is -0.0208. The van der Waals surface area contributed by atoms with E-state index in [1.807, 2.05) is 13.8 Å². The van der Waals surface area contributed by atoms with Gasteiger partial charge >= 0.3 is 11.9 Å². The van der Waals surface area contributed by atoms with Crippen LogP contribution in [0.1, 0.15) is 58.8 Å². The number of cyclic esters (lactones) is 2. The lowest BCUT2D eigenvalue weighted by Crippen LogP contribution is -2.14. The van der Waals surface area contributed by atoms with Crippen molar-refractivity contribution < 1.29 is 19.1 Å². The third kappa shape index (κ3) is 6.08. The summed E-state index contributed by atoms with van der Waals surface area (Å²) in [7, 11) is 0. The van der Waals surface area contributed by atoms with Crippen molar-refractivity contribution in [1.82, 2.24) is 0 Å². The summed E-state index contributed by atoms with van der Waals surface area (Å²) >= 11 is 0. The third-order valence-corrected chi connectivity index (χ3v) is 3.70. The van der Waals surface area contributed by atoms with Gasteiger partial charge in [0.15, 0.2) is 0 Å². The second-order valence-corrected chi connectivity index (χ2v) is 5.33. The van der Waals surface area contributed by atoms with Gasteiger partial charge in [0.25, 0.3) is 0 Å². The van der Waals surface area contributed by atoms with Gasteiger partial charge < -0.3 is 9.47 Å². The SMILES string of the molecule is CC1CCCCOC1=O.CCC1CCCCOC1=O. The maximum atomic E-state index is 11.0. The van der Waals surface area contributed by atoms with Crippen molar-refractivity contribution in [3.8, 4) is 0 Å². The van der Waals surface area contributed by atoms with Crippen molar-refractivity contribution >= 4 is 11.9 Å². The van der Waals surface area contributed by atoms with E-state index >= 15 is 0 Å². The zero-order chi connectivity index (χ0) is 14.1. The summed E-state index contributed by atoms with van der Waals surface area (Å²) in [5.41, 5.74) is 0. The molecule has 2 aliphatic rings. The Morgan fingerprint density at radius 2 is 1.53 bits per heavy atom. The van der Waals surface area contributed by atoms with Gasteiger partial charge in [0.05, 0.1) is 25.0 Å². The van der Waals surface area contributed by atoms with Gasteiger partial charge in [-0.25, -0.2) is 0 Å². The number of hydrogen-bond acceptors (Lipinski definition) is 4. The van der Waals surface area contributed by atoms with Crippen LogP contribution < -0.4 is 0 Å². The number of ether oxygens (including phenoxy) is 2. The second-order valence-electron chi connectivity index (χ2n) is 5.33. The van der Waals surface area contributed by atoms with Crippen molar-refractivity contribution in [2.45, 2.75) is 58.8 Å². The van der Waals surface area contributed by atoms with Gasteiger partial charge in [0.1, 0.15) is 0 Å². The van der Waals surface area contributed by atoms with Crippen LogP contribution >= 0.6 is 0 Å². The Morgan fingerprint density at radius 3 is 2.16 bits per heavy atom. The van der Waals surface area contributed by atoms with Gasteiger partial charge in [-0.2, -0.15) is 0 Å². The van der Waals surface area contributed by atoms with E-state index in [1.165, 1.54) is 0 Å². The fourth-order valence-electron chi connectivity index (χ4n) is 2.26. The molecule has 0 N–H and O–H groups in total. The van der Waals surface area contributed by atoms with Crippen LogP contribution in [-0.2, 0) is 19.1 Å². The molecule has 2 saturated heterocycles. The average Bonchev–Trinajstić information content (AvgIpc) is 2.72. The molecule has 0 saturated carbocycles. The quantitative estimate of drug-likeness (QED) is 0.687. The molecule has 4 nitrogen and oxygen atoms in total. The largest absolute Gasteiger partial charge is 0.465 e. The highest BCUT2D eigenvalue weighted by atomic mass is 16.5. The molecule has 0 aliphatic carbocycles. The molecule has 110 valence electrons. The first kappa shape index (κ1) is 16.0. The van der Waals surface area contributed by atoms with Crippen LogP contribution in [0.15, 0.2) is 0 Å². The number of esters is 2. The molecule has 0 bridgehead atoms. The number of rotatable bonds is 1. The Morgan fingerprint density at radius 1 is 0.947 bits per heavy atom. The van der Waals surface area contributed by atoms with Crippen LogP contribution in [0.5, 0.6) is 0 Å². The third-order valence-electron chi connectivity index (χ3n) is 3.70. The predicted molar refractivity (Wildman–Crippen MR) is 72.6 cm³/mol. The summed E-state index contributed by atoms with van der Waals surface area (Å²) in [6, 6.07) is 0. The van der Waals surface area contributed by atoms with Crippen molar-refractivity contribution in [1.29, 1.82) is 0 Å². The number of hydrogen-bond donors (Lipinski definition) is 0. The van der Waals surface area contributed by atoms with E-state index in [4.69, 9.17) is 9.47 Å². The molecule has 2 heterocycles. The molecule has 2 fully saturated rings. The molecule has 0 radical (unpaired) electrons. The van der Waals surface area contributed by atoms with Crippen LogP contribution in [0.4, 0.5) is 0 Å². The second kappa shape index (κ2) is 8.94. The first-order valence-corrected chi connectivity index (χ1v) is 7.48. The predicted octanol–water partition coefficient (Wildman–Crippen LogP) is 3.09. The molecular weight excluding hydrogens is 244 g/mol. The molecule has 2 aliphatic heterocycles. The van der Waals surface area contributed by atoms with E-state index in [1.54, 1.807) is 0 Å². The monoisotopic (exact) mass is 270 g/mol. The first-order chi connectivity index (χ1) is 9.15. The van der Waals surface area contributed by atoms with Crippen LogP contribution in [0.2, 0.25) is 0 Å². The normalized spacial score (nSPS) is 28.1. The molecule has 2 unspecified atom stereocenters. The molecule has 2 rings (SSSR count). The van der Waals surface area contributed by atoms with Crippen LogP contribution in [0, 0.1) is 11.8 Å². The number of carbonyl (C=O) groups is 2. The Labute approximate surface area is 115 Å². The van der Waals surface area contributed by atoms with Crippen molar-refractivity contribution in [3.63, 3.8) is 0 Å². The highest BCUT2D eigenvalue weighted by molar-refractivity contribution is 5.72. The molecule has 0 amide bonds. The van der Waals surface area contributed by atoms with E-state index in [0.29, 0.717) is 13.2 Å². The lowest BCUT2D eigenvalue weighted by molar-refractivity contribution is -0.148. The maximum absolute atomic E-state index is 11.0. The summed E-state index contributed by atoms with van der Waals surface area (Å²) in [6.07, 6.45) is 7.31. The Bertz CT molecular complexity index is 288. The summed E-state index contributed by atoms with van der Waals surface area (Å²) in [5.74, 6) is 0.308. The van der Waals surface area contributed by atoms with E-state index in [9.17, 15) is 9.59 Å². The van der Waals surface area contributed by atoms with Gasteiger partial charge in [0, 0.05) is 0 Å². The van der Waals surface area contributed by atoms with E-state index < -0.39 is 0 Å². The minimum absolute atomic E-state index is 0.0139. The Hall–Kier alpha value is -1.06. The zero-order valence-corrected chi connectivity index (χ0v) is 12.2. The lowest BCUT2D eigenvalue weighted by Gasteiger charge is -2.07.